The molecule has 0 unspecified atom stereocenters. The van der Waals surface area contributed by atoms with E-state index in [1.54, 1.807) is 18.2 Å². The second-order valence-corrected chi connectivity index (χ2v) is 5.12. The van der Waals surface area contributed by atoms with E-state index in [4.69, 9.17) is 5.73 Å². The number of para-hydroxylation sites is 1. The van der Waals surface area contributed by atoms with E-state index in [0.717, 1.165) is 19.4 Å². The zero-order valence-electron chi connectivity index (χ0n) is 10.2. The lowest BCUT2D eigenvalue weighted by molar-refractivity contribution is 0.0697. The third-order valence-electron chi connectivity index (χ3n) is 3.47. The first kappa shape index (κ1) is 11.8. The van der Waals surface area contributed by atoms with Crippen LogP contribution in [0.5, 0.6) is 0 Å². The number of carbonyl (C=O) groups is 1. The van der Waals surface area contributed by atoms with Crippen LogP contribution in [-0.4, -0.2) is 23.2 Å². The first-order valence-electron chi connectivity index (χ1n) is 5.83. The minimum absolute atomic E-state index is 0.0281. The van der Waals surface area contributed by atoms with Crippen LogP contribution in [-0.2, 0) is 0 Å². The van der Waals surface area contributed by atoms with Crippen LogP contribution in [0, 0.1) is 0 Å². The molecule has 17 heavy (non-hydrogen) atoms. The summed E-state index contributed by atoms with van der Waals surface area (Å²) in [4.78, 5) is 13.4. The number of nitrogens with two attached hydrogens (primary N) is 1. The van der Waals surface area contributed by atoms with Gasteiger partial charge in [0.05, 0.1) is 16.9 Å². The summed E-state index contributed by atoms with van der Waals surface area (Å²) in [5.74, 6) is -0.921. The van der Waals surface area contributed by atoms with Gasteiger partial charge in [-0.3, -0.25) is 0 Å². The summed E-state index contributed by atoms with van der Waals surface area (Å²) in [5, 5.41) is 9.24. The van der Waals surface area contributed by atoms with Crippen molar-refractivity contribution in [2.45, 2.75) is 32.2 Å². The van der Waals surface area contributed by atoms with Crippen molar-refractivity contribution in [3.63, 3.8) is 0 Å². The molecule has 0 saturated carbocycles. The van der Waals surface area contributed by atoms with E-state index < -0.39 is 5.97 Å². The average molecular weight is 234 g/mol. The number of carboxylic acid groups (broad SMARTS) is 1. The molecular weight excluding hydrogens is 216 g/mol. The molecular formula is C13H18N2O2. The highest BCUT2D eigenvalue weighted by atomic mass is 16.4. The Morgan fingerprint density at radius 3 is 2.71 bits per heavy atom. The standard InChI is InChI=1S/C13H18N2O2/c1-13(2)7-4-8-15(13)11-9(12(16)17)5-3-6-10(11)14/h3,5-6H,4,7-8,14H2,1-2H3,(H,16,17). The Kier molecular flexibility index (Phi) is 2.73. The van der Waals surface area contributed by atoms with E-state index in [2.05, 4.69) is 18.7 Å². The summed E-state index contributed by atoms with van der Waals surface area (Å²) in [5.41, 5.74) is 7.43. The van der Waals surface area contributed by atoms with Crippen molar-refractivity contribution in [2.24, 2.45) is 0 Å². The number of nitrogens with zero attached hydrogens (tertiary/aromatic N) is 1. The van der Waals surface area contributed by atoms with Crippen molar-refractivity contribution in [1.29, 1.82) is 0 Å². The fraction of sp³-hybridized carbons (Fsp3) is 0.462. The molecule has 92 valence electrons. The Bertz CT molecular complexity index is 455. The SMILES string of the molecule is CC1(C)CCCN1c1c(N)cccc1C(=O)O. The van der Waals surface area contributed by atoms with Crippen LogP contribution in [0.3, 0.4) is 0 Å². The van der Waals surface area contributed by atoms with Crippen molar-refractivity contribution in [3.05, 3.63) is 23.8 Å². The maximum Gasteiger partial charge on any atom is 0.337 e. The molecule has 3 N–H and O–H groups in total. The summed E-state index contributed by atoms with van der Waals surface area (Å²) in [7, 11) is 0. The summed E-state index contributed by atoms with van der Waals surface area (Å²) in [6.45, 7) is 5.11. The molecule has 0 radical (unpaired) electrons. The van der Waals surface area contributed by atoms with Gasteiger partial charge in [-0.25, -0.2) is 4.79 Å². The minimum atomic E-state index is -0.921. The number of aromatic carboxylic acids is 1. The molecule has 0 aromatic heterocycles. The van der Waals surface area contributed by atoms with E-state index in [0.29, 0.717) is 16.9 Å². The molecule has 0 atom stereocenters. The quantitative estimate of drug-likeness (QED) is 0.771. The van der Waals surface area contributed by atoms with Gasteiger partial charge in [-0.1, -0.05) is 6.07 Å². The molecule has 0 aliphatic carbocycles. The number of anilines is 2. The molecule has 0 bridgehead atoms. The molecule has 1 fully saturated rings. The van der Waals surface area contributed by atoms with Crippen LogP contribution < -0.4 is 10.6 Å². The molecule has 1 aliphatic heterocycles. The number of carboxylic acids is 1. The highest BCUT2D eigenvalue weighted by molar-refractivity contribution is 5.98. The highest BCUT2D eigenvalue weighted by Gasteiger charge is 2.35. The predicted molar refractivity (Wildman–Crippen MR) is 68.5 cm³/mol. The van der Waals surface area contributed by atoms with E-state index in [-0.39, 0.29) is 5.54 Å². The van der Waals surface area contributed by atoms with Crippen molar-refractivity contribution < 1.29 is 9.90 Å². The first-order chi connectivity index (χ1) is 7.93. The van der Waals surface area contributed by atoms with E-state index >= 15 is 0 Å². The van der Waals surface area contributed by atoms with Gasteiger partial charge < -0.3 is 15.7 Å². The van der Waals surface area contributed by atoms with Crippen molar-refractivity contribution in [2.75, 3.05) is 17.2 Å². The van der Waals surface area contributed by atoms with E-state index in [1.165, 1.54) is 0 Å². The Balaban J connectivity index is 2.54. The van der Waals surface area contributed by atoms with Crippen LogP contribution in [0.4, 0.5) is 11.4 Å². The molecule has 1 heterocycles. The van der Waals surface area contributed by atoms with Crippen LogP contribution in [0.25, 0.3) is 0 Å². The topological polar surface area (TPSA) is 66.6 Å². The maximum atomic E-state index is 11.3. The fourth-order valence-corrected chi connectivity index (χ4v) is 2.56. The highest BCUT2D eigenvalue weighted by Crippen LogP contribution is 2.38. The van der Waals surface area contributed by atoms with E-state index in [1.807, 2.05) is 0 Å². The lowest BCUT2D eigenvalue weighted by Gasteiger charge is -2.35. The van der Waals surface area contributed by atoms with Gasteiger partial charge in [-0.2, -0.15) is 0 Å². The van der Waals surface area contributed by atoms with Crippen LogP contribution in [0.15, 0.2) is 18.2 Å². The number of rotatable bonds is 2. The normalized spacial score (nSPS) is 18.4. The lowest BCUT2D eigenvalue weighted by atomic mass is 10.00. The molecule has 2 rings (SSSR count). The van der Waals surface area contributed by atoms with Crippen LogP contribution in [0.1, 0.15) is 37.0 Å². The molecule has 0 amide bonds. The minimum Gasteiger partial charge on any atom is -0.478 e. The van der Waals surface area contributed by atoms with Gasteiger partial charge in [0.1, 0.15) is 0 Å². The summed E-state index contributed by atoms with van der Waals surface area (Å²) >= 11 is 0. The number of hydrogen-bond acceptors (Lipinski definition) is 3. The Morgan fingerprint density at radius 2 is 2.18 bits per heavy atom. The van der Waals surface area contributed by atoms with Gasteiger partial charge in [0, 0.05) is 12.1 Å². The van der Waals surface area contributed by atoms with Crippen molar-refractivity contribution in [3.8, 4) is 0 Å². The molecule has 1 aliphatic rings. The molecule has 4 nitrogen and oxygen atoms in total. The lowest BCUT2D eigenvalue weighted by Crippen LogP contribution is -2.39. The fourth-order valence-electron chi connectivity index (χ4n) is 2.56. The third kappa shape index (κ3) is 1.95. The van der Waals surface area contributed by atoms with Gasteiger partial charge in [0.15, 0.2) is 0 Å². The maximum absolute atomic E-state index is 11.3. The van der Waals surface area contributed by atoms with Crippen molar-refractivity contribution >= 4 is 17.3 Å². The average Bonchev–Trinajstić information content (AvgIpc) is 2.57. The van der Waals surface area contributed by atoms with Gasteiger partial charge in [0.2, 0.25) is 0 Å². The summed E-state index contributed by atoms with van der Waals surface area (Å²) in [6, 6.07) is 5.06. The molecule has 1 saturated heterocycles. The van der Waals surface area contributed by atoms with Gasteiger partial charge in [-0.15, -0.1) is 0 Å². The van der Waals surface area contributed by atoms with Gasteiger partial charge in [-0.05, 0) is 38.8 Å². The predicted octanol–water partition coefficient (Wildman–Crippen LogP) is 2.35. The molecule has 1 aromatic rings. The smallest absolute Gasteiger partial charge is 0.337 e. The monoisotopic (exact) mass is 234 g/mol. The van der Waals surface area contributed by atoms with Gasteiger partial charge >= 0.3 is 5.97 Å². The summed E-state index contributed by atoms with van der Waals surface area (Å²) in [6.07, 6.45) is 2.13. The Labute approximate surface area is 101 Å². The number of hydrogen-bond donors (Lipinski definition) is 2. The second kappa shape index (κ2) is 3.95. The summed E-state index contributed by atoms with van der Waals surface area (Å²) < 4.78 is 0. The van der Waals surface area contributed by atoms with E-state index in [9.17, 15) is 9.90 Å². The third-order valence-corrected chi connectivity index (χ3v) is 3.47. The molecule has 0 spiro atoms. The Hall–Kier alpha value is -1.71. The number of nitrogen functional groups attached to an aromatic ring is 1. The van der Waals surface area contributed by atoms with Crippen LogP contribution >= 0.6 is 0 Å². The van der Waals surface area contributed by atoms with Gasteiger partial charge in [0.25, 0.3) is 0 Å². The largest absolute Gasteiger partial charge is 0.478 e. The molecule has 4 heteroatoms. The zero-order chi connectivity index (χ0) is 12.6. The zero-order valence-corrected chi connectivity index (χ0v) is 10.2. The molecule has 1 aromatic carbocycles. The number of benzene rings is 1. The van der Waals surface area contributed by atoms with Crippen LogP contribution in [0.2, 0.25) is 0 Å². The Morgan fingerprint density at radius 1 is 1.47 bits per heavy atom. The van der Waals surface area contributed by atoms with Crippen molar-refractivity contribution in [1.82, 2.24) is 0 Å². The second-order valence-electron chi connectivity index (χ2n) is 5.12. The first-order valence-corrected chi connectivity index (χ1v) is 5.83.